The highest BCUT2D eigenvalue weighted by atomic mass is 79.9. The number of hydrogen-bond donors (Lipinski definition) is 1. The molecule has 2 rings (SSSR count). The van der Waals surface area contributed by atoms with Gasteiger partial charge in [-0.2, -0.15) is 5.10 Å². The third kappa shape index (κ3) is 2.65. The molecule has 0 aliphatic carbocycles. The first-order chi connectivity index (χ1) is 7.66. The van der Waals surface area contributed by atoms with E-state index in [9.17, 15) is 0 Å². The molecule has 1 aromatic carbocycles. The van der Waals surface area contributed by atoms with Crippen LogP contribution in [0.3, 0.4) is 0 Å². The van der Waals surface area contributed by atoms with Gasteiger partial charge in [-0.15, -0.1) is 0 Å². The Balaban J connectivity index is 2.05. The van der Waals surface area contributed by atoms with Crippen LogP contribution in [0, 0.1) is 0 Å². The fourth-order valence-electron chi connectivity index (χ4n) is 1.39. The van der Waals surface area contributed by atoms with Crippen LogP contribution in [0.4, 0.5) is 5.82 Å². The summed E-state index contributed by atoms with van der Waals surface area (Å²) in [4.78, 5) is 0. The minimum absolute atomic E-state index is 0.783. The van der Waals surface area contributed by atoms with Gasteiger partial charge in [0.05, 0.1) is 6.20 Å². The molecule has 0 radical (unpaired) electrons. The van der Waals surface area contributed by atoms with Crippen LogP contribution in [0.25, 0.3) is 0 Å². The molecule has 0 aliphatic heterocycles. The molecule has 16 heavy (non-hydrogen) atoms. The van der Waals surface area contributed by atoms with E-state index in [1.165, 1.54) is 5.56 Å². The summed E-state index contributed by atoms with van der Waals surface area (Å²) in [5, 5.41) is 7.42. The van der Waals surface area contributed by atoms with Crippen molar-refractivity contribution in [1.29, 1.82) is 0 Å². The standard InChI is InChI=1S/C11H11Br2N3/c1-16-11(4-5-15-16)14-7-8-2-3-9(12)10(13)6-8/h2-6,14H,7H2,1H3. The van der Waals surface area contributed by atoms with Gasteiger partial charge in [-0.05, 0) is 49.6 Å². The van der Waals surface area contributed by atoms with Crippen molar-refractivity contribution in [1.82, 2.24) is 9.78 Å². The molecule has 5 heteroatoms. The topological polar surface area (TPSA) is 29.9 Å². The fraction of sp³-hybridized carbons (Fsp3) is 0.182. The first kappa shape index (κ1) is 11.7. The normalized spacial score (nSPS) is 10.4. The quantitative estimate of drug-likeness (QED) is 0.922. The van der Waals surface area contributed by atoms with Crippen LogP contribution >= 0.6 is 31.9 Å². The van der Waals surface area contributed by atoms with E-state index in [0.717, 1.165) is 21.3 Å². The van der Waals surface area contributed by atoms with Gasteiger partial charge < -0.3 is 5.32 Å². The van der Waals surface area contributed by atoms with Gasteiger partial charge in [-0.25, -0.2) is 0 Å². The van der Waals surface area contributed by atoms with E-state index in [0.29, 0.717) is 0 Å². The van der Waals surface area contributed by atoms with E-state index in [4.69, 9.17) is 0 Å². The maximum atomic E-state index is 4.10. The monoisotopic (exact) mass is 343 g/mol. The van der Waals surface area contributed by atoms with E-state index in [2.05, 4.69) is 54.4 Å². The van der Waals surface area contributed by atoms with E-state index in [1.807, 2.05) is 23.9 Å². The predicted molar refractivity (Wildman–Crippen MR) is 72.4 cm³/mol. The Hall–Kier alpha value is -0.810. The Morgan fingerprint density at radius 2 is 2.06 bits per heavy atom. The van der Waals surface area contributed by atoms with Gasteiger partial charge >= 0.3 is 0 Å². The molecule has 3 nitrogen and oxygen atoms in total. The smallest absolute Gasteiger partial charge is 0.124 e. The highest BCUT2D eigenvalue weighted by Crippen LogP contribution is 2.24. The average Bonchev–Trinajstić information content (AvgIpc) is 2.66. The average molecular weight is 345 g/mol. The first-order valence-electron chi connectivity index (χ1n) is 4.82. The van der Waals surface area contributed by atoms with Crippen LogP contribution in [-0.4, -0.2) is 9.78 Å². The van der Waals surface area contributed by atoms with Crippen LogP contribution in [0.15, 0.2) is 39.4 Å². The number of aryl methyl sites for hydroxylation is 1. The van der Waals surface area contributed by atoms with Crippen LogP contribution in [0.2, 0.25) is 0 Å². The molecular formula is C11H11Br2N3. The number of benzene rings is 1. The van der Waals surface area contributed by atoms with Gasteiger partial charge in [-0.3, -0.25) is 4.68 Å². The lowest BCUT2D eigenvalue weighted by atomic mass is 10.2. The molecule has 1 heterocycles. The number of halogens is 2. The highest BCUT2D eigenvalue weighted by Gasteiger charge is 2.00. The molecule has 0 bridgehead atoms. The Bertz CT molecular complexity index is 494. The summed E-state index contributed by atoms with van der Waals surface area (Å²) in [6, 6.07) is 8.16. The van der Waals surface area contributed by atoms with Crippen molar-refractivity contribution in [2.24, 2.45) is 7.05 Å². The van der Waals surface area contributed by atoms with Gasteiger partial charge in [-0.1, -0.05) is 6.07 Å². The first-order valence-corrected chi connectivity index (χ1v) is 6.41. The van der Waals surface area contributed by atoms with E-state index in [-0.39, 0.29) is 0 Å². The minimum Gasteiger partial charge on any atom is -0.366 e. The molecule has 1 aromatic heterocycles. The predicted octanol–water partition coefficient (Wildman–Crippen LogP) is 3.56. The van der Waals surface area contributed by atoms with Crippen molar-refractivity contribution in [3.05, 3.63) is 45.0 Å². The van der Waals surface area contributed by atoms with Gasteiger partial charge in [0, 0.05) is 28.6 Å². The molecule has 84 valence electrons. The number of hydrogen-bond acceptors (Lipinski definition) is 2. The molecule has 1 N–H and O–H groups in total. The summed E-state index contributed by atoms with van der Waals surface area (Å²) in [6.45, 7) is 0.783. The molecule has 0 saturated heterocycles. The van der Waals surface area contributed by atoms with Crippen LogP contribution in [0.5, 0.6) is 0 Å². The summed E-state index contributed by atoms with van der Waals surface area (Å²) in [5.74, 6) is 1.01. The second-order valence-electron chi connectivity index (χ2n) is 3.44. The number of anilines is 1. The molecule has 0 saturated carbocycles. The lowest BCUT2D eigenvalue weighted by Gasteiger charge is -2.07. The van der Waals surface area contributed by atoms with Crippen molar-refractivity contribution in [2.75, 3.05) is 5.32 Å². The van der Waals surface area contributed by atoms with Gasteiger partial charge in [0.25, 0.3) is 0 Å². The van der Waals surface area contributed by atoms with Crippen LogP contribution in [0.1, 0.15) is 5.56 Å². The lowest BCUT2D eigenvalue weighted by Crippen LogP contribution is -2.04. The highest BCUT2D eigenvalue weighted by molar-refractivity contribution is 9.13. The third-order valence-electron chi connectivity index (χ3n) is 2.28. The Morgan fingerprint density at radius 3 is 2.69 bits per heavy atom. The maximum Gasteiger partial charge on any atom is 0.124 e. The van der Waals surface area contributed by atoms with Crippen molar-refractivity contribution in [2.45, 2.75) is 6.54 Å². The van der Waals surface area contributed by atoms with Crippen molar-refractivity contribution >= 4 is 37.7 Å². The molecule has 0 amide bonds. The number of rotatable bonds is 3. The summed E-state index contributed by atoms with van der Waals surface area (Å²) in [5.41, 5.74) is 1.22. The lowest BCUT2D eigenvalue weighted by molar-refractivity contribution is 0.769. The largest absolute Gasteiger partial charge is 0.366 e. The van der Waals surface area contributed by atoms with Gasteiger partial charge in [0.2, 0.25) is 0 Å². The maximum absolute atomic E-state index is 4.10. The summed E-state index contributed by atoms with van der Waals surface area (Å²) < 4.78 is 3.95. The summed E-state index contributed by atoms with van der Waals surface area (Å²) in [7, 11) is 1.92. The van der Waals surface area contributed by atoms with Crippen LogP contribution in [-0.2, 0) is 13.6 Å². The molecular weight excluding hydrogens is 334 g/mol. The molecule has 0 aliphatic rings. The fourth-order valence-corrected chi connectivity index (χ4v) is 2.06. The molecule has 0 atom stereocenters. The molecule has 0 spiro atoms. The molecule has 0 unspecified atom stereocenters. The van der Waals surface area contributed by atoms with Gasteiger partial charge in [0.15, 0.2) is 0 Å². The zero-order valence-electron chi connectivity index (χ0n) is 8.74. The molecule has 0 fully saturated rings. The zero-order chi connectivity index (χ0) is 11.5. The number of nitrogens with one attached hydrogen (secondary N) is 1. The number of aromatic nitrogens is 2. The van der Waals surface area contributed by atoms with Crippen molar-refractivity contribution in [3.63, 3.8) is 0 Å². The Kier molecular flexibility index (Phi) is 3.66. The van der Waals surface area contributed by atoms with E-state index >= 15 is 0 Å². The van der Waals surface area contributed by atoms with Crippen molar-refractivity contribution in [3.8, 4) is 0 Å². The SMILES string of the molecule is Cn1nccc1NCc1ccc(Br)c(Br)c1. The van der Waals surface area contributed by atoms with Crippen molar-refractivity contribution < 1.29 is 0 Å². The minimum atomic E-state index is 0.783. The molecule has 2 aromatic rings. The second-order valence-corrected chi connectivity index (χ2v) is 5.15. The van der Waals surface area contributed by atoms with E-state index < -0.39 is 0 Å². The third-order valence-corrected chi connectivity index (χ3v) is 4.16. The second kappa shape index (κ2) is 5.01. The summed E-state index contributed by atoms with van der Waals surface area (Å²) in [6.07, 6.45) is 1.78. The zero-order valence-corrected chi connectivity index (χ0v) is 11.9. The number of nitrogens with zero attached hydrogens (tertiary/aromatic N) is 2. The van der Waals surface area contributed by atoms with E-state index in [1.54, 1.807) is 6.20 Å². The Morgan fingerprint density at radius 1 is 1.25 bits per heavy atom. The Labute approximate surface area is 111 Å². The summed E-state index contributed by atoms with van der Waals surface area (Å²) >= 11 is 6.94. The van der Waals surface area contributed by atoms with Gasteiger partial charge in [0.1, 0.15) is 5.82 Å². The van der Waals surface area contributed by atoms with Crippen LogP contribution < -0.4 is 5.32 Å².